The molecule has 0 bridgehead atoms. The van der Waals surface area contributed by atoms with Crippen molar-refractivity contribution in [2.45, 2.75) is 74.8 Å². The van der Waals surface area contributed by atoms with Crippen molar-refractivity contribution < 1.29 is 43.5 Å². The molecule has 1 aromatic heterocycles. The highest BCUT2D eigenvalue weighted by molar-refractivity contribution is 5.95. The lowest BCUT2D eigenvalue weighted by atomic mass is 10.1. The first-order chi connectivity index (χ1) is 18.6. The maximum Gasteiger partial charge on any atom is 0.330 e. The van der Waals surface area contributed by atoms with E-state index in [0.717, 1.165) is 23.1 Å². The van der Waals surface area contributed by atoms with E-state index < -0.39 is 77.9 Å². The number of nitrogens with one attached hydrogen (secondary N) is 3. The Bertz CT molecular complexity index is 1230. The van der Waals surface area contributed by atoms with Gasteiger partial charge in [-0.05, 0) is 25.3 Å². The number of carbonyl (C=O) groups excluding carboxylic acids is 3. The summed E-state index contributed by atoms with van der Waals surface area (Å²) in [7, 11) is 1.33. The minimum absolute atomic E-state index is 0.0635. The first kappa shape index (κ1) is 28.4. The van der Waals surface area contributed by atoms with Crippen molar-refractivity contribution in [1.29, 1.82) is 0 Å². The quantitative estimate of drug-likeness (QED) is 0.184. The molecule has 3 aliphatic rings. The highest BCUT2D eigenvalue weighted by atomic mass is 16.7. The fourth-order valence-corrected chi connectivity index (χ4v) is 4.63. The predicted octanol–water partition coefficient (Wildman–Crippen LogP) is -3.54. The number of H-pyrrole nitrogens is 1. The van der Waals surface area contributed by atoms with E-state index in [2.05, 4.69) is 15.6 Å². The second-order valence-corrected chi connectivity index (χ2v) is 9.35. The number of hydrogen-bond acceptors (Lipinski definition) is 11. The molecule has 4 rings (SSSR count). The van der Waals surface area contributed by atoms with Crippen LogP contribution in [0.2, 0.25) is 0 Å². The average molecular weight is 554 g/mol. The van der Waals surface area contributed by atoms with Gasteiger partial charge in [0.25, 0.3) is 11.5 Å². The number of methoxy groups -OCH3 is 1. The van der Waals surface area contributed by atoms with E-state index in [0.29, 0.717) is 19.4 Å². The molecule has 1 aromatic rings. The number of nitrogens with zero attached hydrogens (tertiary/aromatic N) is 1. The number of carbonyl (C=O) groups is 3. The molecule has 7 N–H and O–H groups in total. The number of aliphatic hydroxyl groups excluding tert-OH is 2. The van der Waals surface area contributed by atoms with Crippen LogP contribution in [-0.4, -0.2) is 94.0 Å². The summed E-state index contributed by atoms with van der Waals surface area (Å²) in [6.07, 6.45) is -5.64. The number of amides is 3. The Labute approximate surface area is 221 Å². The number of primary amides is 1. The number of ether oxygens (including phenoxy) is 4. The molecule has 2 saturated heterocycles. The van der Waals surface area contributed by atoms with Crippen LogP contribution in [0.1, 0.15) is 31.9 Å². The lowest BCUT2D eigenvalue weighted by molar-refractivity contribution is -0.241. The second-order valence-electron chi connectivity index (χ2n) is 9.35. The monoisotopic (exact) mass is 553 g/mol. The number of aliphatic hydroxyl groups is 2. The Morgan fingerprint density at radius 3 is 2.72 bits per heavy atom. The van der Waals surface area contributed by atoms with Gasteiger partial charge in [0.15, 0.2) is 11.9 Å². The molecule has 0 aromatic carbocycles. The Balaban J connectivity index is 1.49. The van der Waals surface area contributed by atoms with Gasteiger partial charge in [-0.15, -0.1) is 0 Å². The van der Waals surface area contributed by atoms with Crippen molar-refractivity contribution in [3.05, 3.63) is 44.9 Å². The van der Waals surface area contributed by atoms with Gasteiger partial charge in [0.1, 0.15) is 30.6 Å². The molecule has 4 heterocycles. The van der Waals surface area contributed by atoms with Gasteiger partial charge < -0.3 is 45.5 Å². The first-order valence-electron chi connectivity index (χ1n) is 12.4. The minimum Gasteiger partial charge on any atom is -0.456 e. The summed E-state index contributed by atoms with van der Waals surface area (Å²) in [6, 6.07) is 0.293. The zero-order valence-corrected chi connectivity index (χ0v) is 21.0. The minimum atomic E-state index is -1.75. The number of aromatic amines is 1. The summed E-state index contributed by atoms with van der Waals surface area (Å²) in [5.74, 6) is -2.68. The highest BCUT2D eigenvalue weighted by Crippen LogP contribution is 2.33. The van der Waals surface area contributed by atoms with E-state index in [4.69, 9.17) is 24.7 Å². The standard InChI is InChI=1S/C23H31N5O11/c1-36-12-9-15(28-7-5-14(30)27-23(28)35)38-17(12)18(19(24)32)39-22-16(31)11(29)8-13(37-22)21(34)26-10-4-2-3-6-25-20(10)33/h5,7-8,10-12,15-18,22,29,31H,2-4,6,9H2,1H3,(H2,24,32)(H,25,33)(H,26,34)(H,27,30,35)/t10-,11-,12-,15+,16-,17-,18+,22+/m0/s1. The maximum atomic E-state index is 12.8. The lowest BCUT2D eigenvalue weighted by Crippen LogP contribution is -2.54. The van der Waals surface area contributed by atoms with E-state index in [9.17, 15) is 34.2 Å². The molecule has 16 heteroatoms. The van der Waals surface area contributed by atoms with Crippen LogP contribution >= 0.6 is 0 Å². The van der Waals surface area contributed by atoms with Crippen LogP contribution in [0.5, 0.6) is 0 Å². The molecule has 8 atom stereocenters. The van der Waals surface area contributed by atoms with Crippen molar-refractivity contribution in [2.24, 2.45) is 5.73 Å². The number of aromatic nitrogens is 2. The van der Waals surface area contributed by atoms with Crippen LogP contribution in [0.25, 0.3) is 0 Å². The third kappa shape index (κ3) is 6.36. The SMILES string of the molecule is CO[C@H]1C[C@H](n2ccc(=O)[nH]c2=O)O[C@@H]1[C@@H](O[C@H]1OC(C(=O)N[C@H]2CCCCNC2=O)=C[C@H](O)[C@@H]1O)C(N)=O. The summed E-state index contributed by atoms with van der Waals surface area (Å²) >= 11 is 0. The Kier molecular flexibility index (Phi) is 8.81. The Morgan fingerprint density at radius 2 is 2.03 bits per heavy atom. The highest BCUT2D eigenvalue weighted by Gasteiger charge is 2.47. The smallest absolute Gasteiger partial charge is 0.330 e. The number of rotatable bonds is 8. The molecule has 0 radical (unpaired) electrons. The van der Waals surface area contributed by atoms with Crippen LogP contribution in [0.15, 0.2) is 33.7 Å². The van der Waals surface area contributed by atoms with Gasteiger partial charge in [0.2, 0.25) is 18.1 Å². The Hall–Kier alpha value is -3.57. The van der Waals surface area contributed by atoms with E-state index >= 15 is 0 Å². The van der Waals surface area contributed by atoms with Crippen LogP contribution in [0.3, 0.4) is 0 Å². The summed E-state index contributed by atoms with van der Waals surface area (Å²) in [5, 5.41) is 26.0. The van der Waals surface area contributed by atoms with E-state index in [1.54, 1.807) is 0 Å². The van der Waals surface area contributed by atoms with E-state index in [1.165, 1.54) is 13.3 Å². The van der Waals surface area contributed by atoms with Gasteiger partial charge in [-0.3, -0.25) is 28.7 Å². The fourth-order valence-electron chi connectivity index (χ4n) is 4.63. The second kappa shape index (κ2) is 12.1. The molecular formula is C23H31N5O11. The first-order valence-corrected chi connectivity index (χ1v) is 12.4. The molecule has 214 valence electrons. The molecule has 0 spiro atoms. The van der Waals surface area contributed by atoms with Gasteiger partial charge in [0, 0.05) is 32.3 Å². The summed E-state index contributed by atoms with van der Waals surface area (Å²) in [6.45, 7) is 0.489. The van der Waals surface area contributed by atoms with Crippen molar-refractivity contribution >= 4 is 17.7 Å². The zero-order valence-electron chi connectivity index (χ0n) is 21.0. The van der Waals surface area contributed by atoms with E-state index in [-0.39, 0.29) is 12.3 Å². The zero-order chi connectivity index (χ0) is 28.3. The van der Waals surface area contributed by atoms with E-state index in [1.807, 2.05) is 0 Å². The third-order valence-corrected chi connectivity index (χ3v) is 6.70. The van der Waals surface area contributed by atoms with Gasteiger partial charge in [-0.1, -0.05) is 0 Å². The molecule has 3 aliphatic heterocycles. The van der Waals surface area contributed by atoms with Crippen LogP contribution in [0.4, 0.5) is 0 Å². The van der Waals surface area contributed by atoms with Gasteiger partial charge >= 0.3 is 5.69 Å². The van der Waals surface area contributed by atoms with Gasteiger partial charge in [-0.2, -0.15) is 0 Å². The van der Waals surface area contributed by atoms with Crippen LogP contribution in [-0.2, 0) is 33.3 Å². The average Bonchev–Trinajstić information content (AvgIpc) is 3.20. The maximum absolute atomic E-state index is 12.8. The third-order valence-electron chi connectivity index (χ3n) is 6.70. The topological polar surface area (TPSA) is 234 Å². The molecule has 39 heavy (non-hydrogen) atoms. The molecule has 0 unspecified atom stereocenters. The largest absolute Gasteiger partial charge is 0.456 e. The summed E-state index contributed by atoms with van der Waals surface area (Å²) in [5.41, 5.74) is 4.20. The van der Waals surface area contributed by atoms with Crippen LogP contribution < -0.4 is 27.6 Å². The normalized spacial score (nSPS) is 31.8. The molecular weight excluding hydrogens is 522 g/mol. The number of nitrogens with two attached hydrogens (primary N) is 1. The van der Waals surface area contributed by atoms with Gasteiger partial charge in [0.05, 0.1) is 6.10 Å². The fraction of sp³-hybridized carbons (Fsp3) is 0.609. The summed E-state index contributed by atoms with van der Waals surface area (Å²) < 4.78 is 23.5. The van der Waals surface area contributed by atoms with Gasteiger partial charge in [-0.25, -0.2) is 4.79 Å². The van der Waals surface area contributed by atoms with Crippen molar-refractivity contribution in [3.63, 3.8) is 0 Å². The molecule has 0 saturated carbocycles. The molecule has 16 nitrogen and oxygen atoms in total. The molecule has 2 fully saturated rings. The van der Waals surface area contributed by atoms with Crippen molar-refractivity contribution in [3.8, 4) is 0 Å². The molecule has 0 aliphatic carbocycles. The molecule has 3 amide bonds. The van der Waals surface area contributed by atoms with Crippen molar-refractivity contribution in [1.82, 2.24) is 20.2 Å². The van der Waals surface area contributed by atoms with Crippen LogP contribution in [0, 0.1) is 0 Å². The number of hydrogen-bond donors (Lipinski definition) is 6. The summed E-state index contributed by atoms with van der Waals surface area (Å²) in [4.78, 5) is 63.2. The predicted molar refractivity (Wildman–Crippen MR) is 128 cm³/mol. The lowest BCUT2D eigenvalue weighted by Gasteiger charge is -2.35. The Morgan fingerprint density at radius 1 is 1.26 bits per heavy atom. The van der Waals surface area contributed by atoms with Crippen molar-refractivity contribution in [2.75, 3.05) is 13.7 Å².